The van der Waals surface area contributed by atoms with Gasteiger partial charge in [0.15, 0.2) is 0 Å². The highest BCUT2D eigenvalue weighted by molar-refractivity contribution is 8.00. The van der Waals surface area contributed by atoms with Gasteiger partial charge in [0, 0.05) is 23.1 Å². The topological polar surface area (TPSA) is 41.1 Å². The van der Waals surface area contributed by atoms with Crippen LogP contribution >= 0.6 is 24.2 Å². The molecule has 102 valence electrons. The van der Waals surface area contributed by atoms with E-state index < -0.39 is 0 Å². The van der Waals surface area contributed by atoms with Crippen LogP contribution < -0.4 is 10.6 Å². The molecule has 0 aliphatic heterocycles. The minimum absolute atomic E-state index is 0. The van der Waals surface area contributed by atoms with Crippen LogP contribution in [0.5, 0.6) is 0 Å². The lowest BCUT2D eigenvalue weighted by Gasteiger charge is -2.12. The number of anilines is 1. The van der Waals surface area contributed by atoms with Crippen LogP contribution in [0.4, 0.5) is 5.69 Å². The molecule has 0 bridgehead atoms. The highest BCUT2D eigenvalue weighted by Gasteiger charge is 2.07. The van der Waals surface area contributed by atoms with Crippen molar-refractivity contribution >= 4 is 35.8 Å². The van der Waals surface area contributed by atoms with E-state index in [9.17, 15) is 4.79 Å². The molecule has 18 heavy (non-hydrogen) atoms. The average molecular weight is 289 g/mol. The molecule has 2 N–H and O–H groups in total. The molecule has 0 unspecified atom stereocenters. The zero-order valence-electron chi connectivity index (χ0n) is 11.0. The second-order valence-electron chi connectivity index (χ2n) is 4.06. The van der Waals surface area contributed by atoms with Crippen LogP contribution in [-0.4, -0.2) is 24.7 Å². The molecule has 3 nitrogen and oxygen atoms in total. The van der Waals surface area contributed by atoms with Crippen molar-refractivity contribution in [3.63, 3.8) is 0 Å². The maximum Gasteiger partial charge on any atom is 0.225 e. The van der Waals surface area contributed by atoms with Gasteiger partial charge in [-0.3, -0.25) is 4.79 Å². The van der Waals surface area contributed by atoms with Gasteiger partial charge in [0.2, 0.25) is 5.91 Å². The Morgan fingerprint density at radius 3 is 2.61 bits per heavy atom. The predicted octanol–water partition coefficient (Wildman–Crippen LogP) is 3.16. The van der Waals surface area contributed by atoms with E-state index in [1.807, 2.05) is 31.3 Å². The Morgan fingerprint density at radius 1 is 1.33 bits per heavy atom. The number of para-hydroxylation sites is 1. The molecule has 1 aromatic rings. The lowest BCUT2D eigenvalue weighted by atomic mass is 10.3. The number of benzene rings is 1. The third-order valence-corrected chi connectivity index (χ3v) is 3.21. The van der Waals surface area contributed by atoms with Crippen molar-refractivity contribution in [3.8, 4) is 0 Å². The number of halogens is 1. The Kier molecular flexibility index (Phi) is 8.89. The molecule has 0 heterocycles. The van der Waals surface area contributed by atoms with Crippen molar-refractivity contribution in [2.75, 3.05) is 18.9 Å². The molecular formula is C13H21ClN2OS. The Labute approximate surface area is 120 Å². The monoisotopic (exact) mass is 288 g/mol. The van der Waals surface area contributed by atoms with E-state index in [0.717, 1.165) is 10.6 Å². The molecule has 0 aliphatic carbocycles. The fourth-order valence-electron chi connectivity index (χ4n) is 1.38. The summed E-state index contributed by atoms with van der Waals surface area (Å²) in [6.07, 6.45) is 0.497. The van der Waals surface area contributed by atoms with Crippen LogP contribution in [0.3, 0.4) is 0 Å². The van der Waals surface area contributed by atoms with Gasteiger partial charge in [0.05, 0.1) is 5.69 Å². The summed E-state index contributed by atoms with van der Waals surface area (Å²) in [7, 11) is 1.84. The van der Waals surface area contributed by atoms with Crippen LogP contribution in [0.2, 0.25) is 0 Å². The molecule has 0 aromatic heterocycles. The van der Waals surface area contributed by atoms with E-state index in [0.29, 0.717) is 18.2 Å². The summed E-state index contributed by atoms with van der Waals surface area (Å²) in [6, 6.07) is 7.92. The van der Waals surface area contributed by atoms with Gasteiger partial charge >= 0.3 is 0 Å². The van der Waals surface area contributed by atoms with Gasteiger partial charge in [-0.15, -0.1) is 24.2 Å². The van der Waals surface area contributed by atoms with Crippen LogP contribution in [-0.2, 0) is 4.79 Å². The normalized spacial score (nSPS) is 10.0. The van der Waals surface area contributed by atoms with Crippen molar-refractivity contribution < 1.29 is 4.79 Å². The summed E-state index contributed by atoms with van der Waals surface area (Å²) in [5.41, 5.74) is 0.910. The molecule has 1 rings (SSSR count). The van der Waals surface area contributed by atoms with Gasteiger partial charge in [-0.2, -0.15) is 0 Å². The summed E-state index contributed by atoms with van der Waals surface area (Å²) in [5.74, 6) is 0.0520. The quantitative estimate of drug-likeness (QED) is 0.790. The van der Waals surface area contributed by atoms with Gasteiger partial charge in [-0.05, 0) is 19.2 Å². The summed E-state index contributed by atoms with van der Waals surface area (Å²) in [4.78, 5) is 12.8. The molecule has 0 radical (unpaired) electrons. The van der Waals surface area contributed by atoms with Crippen LogP contribution in [0.15, 0.2) is 29.2 Å². The summed E-state index contributed by atoms with van der Waals surface area (Å²) in [5, 5.41) is 6.42. The Hall–Kier alpha value is -0.710. The van der Waals surface area contributed by atoms with Crippen LogP contribution in [0.25, 0.3) is 0 Å². The molecule has 5 heteroatoms. The van der Waals surface area contributed by atoms with Crippen molar-refractivity contribution in [1.82, 2.24) is 5.32 Å². The molecule has 0 atom stereocenters. The predicted molar refractivity (Wildman–Crippen MR) is 81.9 cm³/mol. The second-order valence-corrected chi connectivity index (χ2v) is 5.68. The largest absolute Gasteiger partial charge is 0.325 e. The smallest absolute Gasteiger partial charge is 0.225 e. The van der Waals surface area contributed by atoms with Gasteiger partial charge in [-0.1, -0.05) is 26.0 Å². The number of thioether (sulfide) groups is 1. The van der Waals surface area contributed by atoms with E-state index >= 15 is 0 Å². The number of carbonyl (C=O) groups excluding carboxylic acids is 1. The number of rotatable bonds is 6. The van der Waals surface area contributed by atoms with Crippen molar-refractivity contribution in [2.45, 2.75) is 30.4 Å². The standard InChI is InChI=1S/C13H20N2OS.ClH/c1-10(2)17-12-7-5-4-6-11(12)15-13(16)8-9-14-3;/h4-7,10,14H,8-9H2,1-3H3,(H,15,16);1H. The first-order valence-corrected chi connectivity index (χ1v) is 6.71. The fourth-order valence-corrected chi connectivity index (χ4v) is 2.29. The number of amides is 1. The second kappa shape index (κ2) is 9.25. The maximum absolute atomic E-state index is 11.6. The zero-order valence-corrected chi connectivity index (χ0v) is 12.7. The van der Waals surface area contributed by atoms with Gasteiger partial charge in [-0.25, -0.2) is 0 Å². The highest BCUT2D eigenvalue weighted by Crippen LogP contribution is 2.30. The molecule has 0 fully saturated rings. The summed E-state index contributed by atoms with van der Waals surface area (Å²) < 4.78 is 0. The summed E-state index contributed by atoms with van der Waals surface area (Å²) >= 11 is 1.76. The van der Waals surface area contributed by atoms with E-state index in [4.69, 9.17) is 0 Å². The van der Waals surface area contributed by atoms with Crippen molar-refractivity contribution in [3.05, 3.63) is 24.3 Å². The zero-order chi connectivity index (χ0) is 12.7. The third-order valence-electron chi connectivity index (χ3n) is 2.13. The average Bonchev–Trinajstić information content (AvgIpc) is 2.28. The Balaban J connectivity index is 0.00000289. The maximum atomic E-state index is 11.6. The van der Waals surface area contributed by atoms with E-state index in [1.54, 1.807) is 11.8 Å². The molecule has 0 saturated heterocycles. The van der Waals surface area contributed by atoms with Gasteiger partial charge in [0.1, 0.15) is 0 Å². The molecule has 0 aliphatic rings. The first-order valence-electron chi connectivity index (χ1n) is 5.83. The van der Waals surface area contributed by atoms with Crippen LogP contribution in [0.1, 0.15) is 20.3 Å². The van der Waals surface area contributed by atoms with E-state index in [-0.39, 0.29) is 18.3 Å². The minimum Gasteiger partial charge on any atom is -0.325 e. The van der Waals surface area contributed by atoms with Crippen molar-refractivity contribution in [2.24, 2.45) is 0 Å². The number of hydrogen-bond acceptors (Lipinski definition) is 3. The first-order chi connectivity index (χ1) is 8.13. The SMILES string of the molecule is CNCCC(=O)Nc1ccccc1SC(C)C.Cl. The van der Waals surface area contributed by atoms with Crippen molar-refractivity contribution in [1.29, 1.82) is 0 Å². The van der Waals surface area contributed by atoms with Crippen LogP contribution in [0, 0.1) is 0 Å². The molecule has 0 spiro atoms. The van der Waals surface area contributed by atoms with E-state index in [2.05, 4.69) is 24.5 Å². The minimum atomic E-state index is 0. The van der Waals surface area contributed by atoms with Gasteiger partial charge in [0.25, 0.3) is 0 Å². The Bertz CT molecular complexity index is 372. The molecule has 1 amide bonds. The lowest BCUT2D eigenvalue weighted by molar-refractivity contribution is -0.116. The molecular weight excluding hydrogens is 268 g/mol. The first kappa shape index (κ1) is 17.3. The number of carbonyl (C=O) groups is 1. The van der Waals surface area contributed by atoms with Gasteiger partial charge < -0.3 is 10.6 Å². The molecule has 1 aromatic carbocycles. The number of hydrogen-bond donors (Lipinski definition) is 2. The third kappa shape index (κ3) is 6.28. The lowest BCUT2D eigenvalue weighted by Crippen LogP contribution is -2.19. The fraction of sp³-hybridized carbons (Fsp3) is 0.462. The molecule has 0 saturated carbocycles. The number of nitrogens with one attached hydrogen (secondary N) is 2. The highest BCUT2D eigenvalue weighted by atomic mass is 35.5. The Morgan fingerprint density at radius 2 is 2.00 bits per heavy atom. The van der Waals surface area contributed by atoms with E-state index in [1.165, 1.54) is 0 Å². The summed E-state index contributed by atoms with van der Waals surface area (Å²) in [6.45, 7) is 4.99.